The van der Waals surface area contributed by atoms with E-state index in [-0.39, 0.29) is 29.4 Å². The van der Waals surface area contributed by atoms with Gasteiger partial charge in [-0.1, -0.05) is 0 Å². The van der Waals surface area contributed by atoms with Crippen molar-refractivity contribution in [3.63, 3.8) is 0 Å². The highest BCUT2D eigenvalue weighted by Gasteiger charge is 2.31. The first-order valence-electron chi connectivity index (χ1n) is 9.40. The lowest BCUT2D eigenvalue weighted by molar-refractivity contribution is -0.123. The molecule has 0 spiro atoms. The molecule has 0 aromatic carbocycles. The van der Waals surface area contributed by atoms with Crippen LogP contribution in [0.1, 0.15) is 18.9 Å². The minimum atomic E-state index is -2.63. The van der Waals surface area contributed by atoms with Crippen molar-refractivity contribution in [3.8, 4) is 11.5 Å². The Kier molecular flexibility index (Phi) is 5.74. The second-order valence-corrected chi connectivity index (χ2v) is 6.91. The maximum Gasteiger partial charge on any atom is 0.266 e. The summed E-state index contributed by atoms with van der Waals surface area (Å²) >= 11 is 0. The predicted molar refractivity (Wildman–Crippen MR) is 99.2 cm³/mol. The largest absolute Gasteiger partial charge is 0.379 e. The molecule has 150 valence electrons. The number of alkyl halides is 2. The fourth-order valence-corrected chi connectivity index (χ4v) is 3.63. The zero-order chi connectivity index (χ0) is 19.5. The van der Waals surface area contributed by atoms with Crippen molar-refractivity contribution >= 4 is 5.82 Å². The van der Waals surface area contributed by atoms with Gasteiger partial charge in [-0.25, -0.2) is 18.7 Å². The number of pyridine rings is 1. The van der Waals surface area contributed by atoms with E-state index >= 15 is 0 Å². The smallest absolute Gasteiger partial charge is 0.266 e. The van der Waals surface area contributed by atoms with Gasteiger partial charge in [0.1, 0.15) is 17.7 Å². The lowest BCUT2D eigenvalue weighted by Gasteiger charge is -2.43. The van der Waals surface area contributed by atoms with Crippen LogP contribution in [-0.2, 0) is 9.47 Å². The van der Waals surface area contributed by atoms with E-state index in [0.717, 1.165) is 6.54 Å². The van der Waals surface area contributed by atoms with Gasteiger partial charge < -0.3 is 14.4 Å². The van der Waals surface area contributed by atoms with Crippen LogP contribution in [0.5, 0.6) is 0 Å². The molecule has 7 nitrogen and oxygen atoms in total. The molecule has 0 N–H and O–H groups in total. The van der Waals surface area contributed by atoms with Gasteiger partial charge in [0.25, 0.3) is 6.43 Å². The molecule has 2 aliphatic heterocycles. The maximum atomic E-state index is 13.3. The third-order valence-corrected chi connectivity index (χ3v) is 5.09. The second-order valence-electron chi connectivity index (χ2n) is 6.91. The summed E-state index contributed by atoms with van der Waals surface area (Å²) in [4.78, 5) is 17.2. The summed E-state index contributed by atoms with van der Waals surface area (Å²) in [6.07, 6.45) is 0.370. The summed E-state index contributed by atoms with van der Waals surface area (Å²) < 4.78 is 38.1. The first kappa shape index (κ1) is 19.1. The number of ether oxygens (including phenoxy) is 2. The number of hydrogen-bond acceptors (Lipinski definition) is 7. The van der Waals surface area contributed by atoms with Crippen molar-refractivity contribution in [2.75, 3.05) is 44.4 Å². The lowest BCUT2D eigenvalue weighted by atomic mass is 10.2. The monoisotopic (exact) mass is 391 g/mol. The summed E-state index contributed by atoms with van der Waals surface area (Å²) in [5.74, 6) is 0.890. The second kappa shape index (κ2) is 8.42. The number of rotatable bonds is 4. The molecule has 4 heterocycles. The molecule has 2 atom stereocenters. The summed E-state index contributed by atoms with van der Waals surface area (Å²) in [5, 5.41) is 0. The van der Waals surface area contributed by atoms with Crippen molar-refractivity contribution in [1.82, 2.24) is 19.9 Å². The van der Waals surface area contributed by atoms with E-state index in [1.807, 2.05) is 0 Å². The van der Waals surface area contributed by atoms with Gasteiger partial charge in [0.2, 0.25) is 0 Å². The standard InChI is InChI=1S/C19H23F2N5O2/c1-13-12-27-9-8-26(13)16-11-25(7-10-28-16)15-4-6-23-19(24-15)17-14(18(20)21)3-2-5-22-17/h2-6,13,16,18H,7-12H2,1H3/t13?,16-/m0/s1. The Morgan fingerprint density at radius 3 is 2.86 bits per heavy atom. The molecule has 0 aliphatic carbocycles. The van der Waals surface area contributed by atoms with Crippen LogP contribution in [0, 0.1) is 0 Å². The van der Waals surface area contributed by atoms with Crippen LogP contribution < -0.4 is 4.90 Å². The summed E-state index contributed by atoms with van der Waals surface area (Å²) in [7, 11) is 0. The average Bonchev–Trinajstić information content (AvgIpc) is 2.74. The average molecular weight is 391 g/mol. The van der Waals surface area contributed by atoms with Gasteiger partial charge in [0.15, 0.2) is 5.82 Å². The number of hydrogen-bond donors (Lipinski definition) is 0. The topological polar surface area (TPSA) is 63.6 Å². The van der Waals surface area contributed by atoms with E-state index in [0.29, 0.717) is 38.7 Å². The molecule has 2 saturated heterocycles. The van der Waals surface area contributed by atoms with E-state index in [9.17, 15) is 8.78 Å². The minimum absolute atomic E-state index is 0.0578. The highest BCUT2D eigenvalue weighted by atomic mass is 19.3. The van der Waals surface area contributed by atoms with Crippen molar-refractivity contribution < 1.29 is 18.3 Å². The van der Waals surface area contributed by atoms with Gasteiger partial charge in [0, 0.05) is 37.1 Å². The Morgan fingerprint density at radius 1 is 1.14 bits per heavy atom. The maximum absolute atomic E-state index is 13.3. The Hall–Kier alpha value is -2.23. The van der Waals surface area contributed by atoms with Crippen molar-refractivity contribution in [1.29, 1.82) is 0 Å². The SMILES string of the molecule is CC1COCCN1[C@@H]1CN(c2ccnc(-c3ncccc3C(F)F)n2)CCO1. The van der Waals surface area contributed by atoms with E-state index in [2.05, 4.69) is 31.7 Å². The molecule has 0 bridgehead atoms. The highest BCUT2D eigenvalue weighted by Crippen LogP contribution is 2.28. The molecule has 2 aliphatic rings. The van der Waals surface area contributed by atoms with Crippen molar-refractivity contribution in [2.24, 2.45) is 0 Å². The Labute approximate surface area is 162 Å². The minimum Gasteiger partial charge on any atom is -0.379 e. The van der Waals surface area contributed by atoms with Crippen LogP contribution in [0.4, 0.5) is 14.6 Å². The molecule has 0 saturated carbocycles. The Balaban J connectivity index is 1.56. The third kappa shape index (κ3) is 3.96. The van der Waals surface area contributed by atoms with Crippen LogP contribution in [0.15, 0.2) is 30.6 Å². The van der Waals surface area contributed by atoms with Crippen LogP contribution >= 0.6 is 0 Å². The van der Waals surface area contributed by atoms with E-state index < -0.39 is 6.43 Å². The van der Waals surface area contributed by atoms with Crippen LogP contribution in [0.3, 0.4) is 0 Å². The van der Waals surface area contributed by atoms with Gasteiger partial charge in [-0.3, -0.25) is 9.88 Å². The first-order valence-corrected chi connectivity index (χ1v) is 9.40. The van der Waals surface area contributed by atoms with Gasteiger partial charge in [-0.05, 0) is 25.1 Å². The molecule has 0 radical (unpaired) electrons. The summed E-state index contributed by atoms with van der Waals surface area (Å²) in [5.41, 5.74) is -0.0485. The zero-order valence-corrected chi connectivity index (χ0v) is 15.7. The molecule has 2 fully saturated rings. The molecule has 9 heteroatoms. The van der Waals surface area contributed by atoms with E-state index in [1.54, 1.807) is 12.3 Å². The molecule has 2 aromatic rings. The summed E-state index contributed by atoms with van der Waals surface area (Å²) in [6.45, 7) is 6.21. The van der Waals surface area contributed by atoms with E-state index in [4.69, 9.17) is 9.47 Å². The third-order valence-electron chi connectivity index (χ3n) is 5.09. The lowest BCUT2D eigenvalue weighted by Crippen LogP contribution is -2.57. The zero-order valence-electron chi connectivity index (χ0n) is 15.7. The number of morpholine rings is 2. The van der Waals surface area contributed by atoms with Crippen LogP contribution in [0.25, 0.3) is 11.5 Å². The van der Waals surface area contributed by atoms with Gasteiger partial charge in [-0.15, -0.1) is 0 Å². The molecule has 0 amide bonds. The first-order chi connectivity index (χ1) is 13.6. The number of aromatic nitrogens is 3. The van der Waals surface area contributed by atoms with Crippen molar-refractivity contribution in [2.45, 2.75) is 25.6 Å². The highest BCUT2D eigenvalue weighted by molar-refractivity contribution is 5.57. The Bertz CT molecular complexity index is 809. The fourth-order valence-electron chi connectivity index (χ4n) is 3.63. The molecular formula is C19H23F2N5O2. The number of anilines is 1. The molecule has 2 aromatic heterocycles. The quantitative estimate of drug-likeness (QED) is 0.793. The van der Waals surface area contributed by atoms with Crippen LogP contribution in [0.2, 0.25) is 0 Å². The number of nitrogens with zero attached hydrogens (tertiary/aromatic N) is 5. The van der Waals surface area contributed by atoms with Crippen LogP contribution in [-0.4, -0.2) is 71.6 Å². The van der Waals surface area contributed by atoms with Gasteiger partial charge >= 0.3 is 0 Å². The normalized spacial score (nSPS) is 23.9. The van der Waals surface area contributed by atoms with Crippen molar-refractivity contribution in [3.05, 3.63) is 36.2 Å². The number of halogens is 2. The Morgan fingerprint density at radius 2 is 2.04 bits per heavy atom. The molecule has 28 heavy (non-hydrogen) atoms. The predicted octanol–water partition coefficient (Wildman–Crippen LogP) is 2.36. The summed E-state index contributed by atoms with van der Waals surface area (Å²) in [6, 6.07) is 4.92. The molecule has 4 rings (SSSR count). The van der Waals surface area contributed by atoms with E-state index in [1.165, 1.54) is 18.3 Å². The fraction of sp³-hybridized carbons (Fsp3) is 0.526. The van der Waals surface area contributed by atoms with Gasteiger partial charge in [-0.2, -0.15) is 0 Å². The molecular weight excluding hydrogens is 368 g/mol. The van der Waals surface area contributed by atoms with Gasteiger partial charge in [0.05, 0.1) is 26.4 Å². The molecule has 1 unspecified atom stereocenters.